The van der Waals surface area contributed by atoms with Gasteiger partial charge in [-0.05, 0) is 49.1 Å². The molecule has 9 heteroatoms. The number of carbonyl (C=O) groups excluding carboxylic acids is 1. The Labute approximate surface area is 206 Å². The lowest BCUT2D eigenvalue weighted by Crippen LogP contribution is -1.98. The summed E-state index contributed by atoms with van der Waals surface area (Å²) < 4.78 is 30.6. The molecular formula is C26H21ClFN3O4. The highest BCUT2D eigenvalue weighted by Gasteiger charge is 2.14. The molecule has 0 amide bonds. The van der Waals surface area contributed by atoms with Gasteiger partial charge in [0.25, 0.3) is 5.95 Å². The Balaban J connectivity index is 1.56. The number of benzene rings is 2. The summed E-state index contributed by atoms with van der Waals surface area (Å²) in [6, 6.07) is 11.1. The van der Waals surface area contributed by atoms with Gasteiger partial charge in [0.1, 0.15) is 24.2 Å². The fraction of sp³-hybridized carbons (Fsp3) is 0.192. The number of rotatable bonds is 9. The first-order valence-corrected chi connectivity index (χ1v) is 11.2. The van der Waals surface area contributed by atoms with Crippen molar-refractivity contribution in [2.45, 2.75) is 25.7 Å². The fourth-order valence-corrected chi connectivity index (χ4v) is 3.44. The molecule has 0 unspecified atom stereocenters. The van der Waals surface area contributed by atoms with Crippen LogP contribution in [-0.2, 0) is 4.79 Å². The molecule has 0 aliphatic rings. The lowest BCUT2D eigenvalue weighted by molar-refractivity contribution is -0.107. The third-order valence-electron chi connectivity index (χ3n) is 4.98. The average Bonchev–Trinajstić information content (AvgIpc) is 3.30. The monoisotopic (exact) mass is 493 g/mol. The highest BCUT2D eigenvalue weighted by atomic mass is 35.5. The second kappa shape index (κ2) is 11.4. The van der Waals surface area contributed by atoms with Crippen molar-refractivity contribution in [1.29, 1.82) is 0 Å². The van der Waals surface area contributed by atoms with Crippen LogP contribution in [0.25, 0.3) is 10.9 Å². The van der Waals surface area contributed by atoms with Gasteiger partial charge >= 0.3 is 0 Å². The van der Waals surface area contributed by atoms with Crippen molar-refractivity contribution in [2.24, 2.45) is 0 Å². The second-order valence-electron chi connectivity index (χ2n) is 7.43. The highest BCUT2D eigenvalue weighted by Crippen LogP contribution is 2.38. The van der Waals surface area contributed by atoms with Crippen LogP contribution >= 0.6 is 11.6 Å². The number of methoxy groups -OCH3 is 1. The van der Waals surface area contributed by atoms with Crippen molar-refractivity contribution < 1.29 is 23.1 Å². The maximum atomic E-state index is 13.5. The number of hydrogen-bond donors (Lipinski definition) is 1. The van der Waals surface area contributed by atoms with E-state index in [2.05, 4.69) is 27.1 Å². The lowest BCUT2D eigenvalue weighted by Gasteiger charge is -2.13. The average molecular weight is 494 g/mol. The van der Waals surface area contributed by atoms with Gasteiger partial charge in [0.05, 0.1) is 17.6 Å². The van der Waals surface area contributed by atoms with Crippen LogP contribution in [0.2, 0.25) is 5.02 Å². The van der Waals surface area contributed by atoms with Crippen LogP contribution in [0.5, 0.6) is 17.4 Å². The Morgan fingerprint density at radius 2 is 2.03 bits per heavy atom. The largest absolute Gasteiger partial charge is 0.493 e. The number of unbranched alkanes of at least 4 members (excludes halogenated alkanes) is 3. The summed E-state index contributed by atoms with van der Waals surface area (Å²) in [7, 11) is 1.53. The number of anilines is 2. The Morgan fingerprint density at radius 1 is 1.14 bits per heavy atom. The number of ether oxygens (including phenoxy) is 2. The first kappa shape index (κ1) is 24.0. The van der Waals surface area contributed by atoms with E-state index in [0.717, 1.165) is 19.1 Å². The van der Waals surface area contributed by atoms with Crippen LogP contribution in [0.4, 0.5) is 15.9 Å². The predicted molar refractivity (Wildman–Crippen MR) is 131 cm³/mol. The van der Waals surface area contributed by atoms with Gasteiger partial charge < -0.3 is 24.0 Å². The first-order chi connectivity index (χ1) is 17.1. The summed E-state index contributed by atoms with van der Waals surface area (Å²) in [5.41, 5.74) is 1.18. The van der Waals surface area contributed by atoms with Crippen LogP contribution < -0.4 is 14.8 Å². The van der Waals surface area contributed by atoms with Crippen molar-refractivity contribution in [3.63, 3.8) is 0 Å². The number of halogens is 2. The molecule has 0 aliphatic carbocycles. The molecule has 0 saturated heterocycles. The van der Waals surface area contributed by atoms with Gasteiger partial charge in [-0.25, -0.2) is 14.4 Å². The maximum Gasteiger partial charge on any atom is 0.291 e. The zero-order valence-electron chi connectivity index (χ0n) is 18.8. The van der Waals surface area contributed by atoms with Crippen molar-refractivity contribution in [1.82, 2.24) is 9.97 Å². The molecule has 0 fully saturated rings. The summed E-state index contributed by atoms with van der Waals surface area (Å²) in [6.45, 7) is 0. The van der Waals surface area contributed by atoms with E-state index in [4.69, 9.17) is 25.5 Å². The quantitative estimate of drug-likeness (QED) is 0.158. The van der Waals surface area contributed by atoms with Crippen LogP contribution in [0.3, 0.4) is 0 Å². The molecule has 0 bridgehead atoms. The van der Waals surface area contributed by atoms with E-state index in [1.807, 2.05) is 0 Å². The summed E-state index contributed by atoms with van der Waals surface area (Å²) in [6.07, 6.45) is 5.22. The van der Waals surface area contributed by atoms with Gasteiger partial charge in [-0.3, -0.25) is 0 Å². The molecule has 0 spiro atoms. The number of furan rings is 1. The maximum absolute atomic E-state index is 13.5. The van der Waals surface area contributed by atoms with Gasteiger partial charge in [0.2, 0.25) is 0 Å². The third-order valence-corrected chi connectivity index (χ3v) is 5.27. The van der Waals surface area contributed by atoms with Crippen molar-refractivity contribution in [2.75, 3.05) is 12.4 Å². The van der Waals surface area contributed by atoms with Crippen LogP contribution in [0.1, 0.15) is 31.4 Å². The van der Waals surface area contributed by atoms with Crippen LogP contribution in [-0.4, -0.2) is 23.4 Å². The molecule has 0 radical (unpaired) electrons. The van der Waals surface area contributed by atoms with E-state index in [9.17, 15) is 9.18 Å². The Bertz CT molecular complexity index is 1410. The smallest absolute Gasteiger partial charge is 0.291 e. The van der Waals surface area contributed by atoms with E-state index in [1.54, 1.807) is 30.3 Å². The summed E-state index contributed by atoms with van der Waals surface area (Å²) in [4.78, 5) is 19.0. The predicted octanol–water partition coefficient (Wildman–Crippen LogP) is 6.67. The van der Waals surface area contributed by atoms with Crippen molar-refractivity contribution in [3.8, 4) is 29.3 Å². The molecule has 35 heavy (non-hydrogen) atoms. The topological polar surface area (TPSA) is 86.5 Å². The minimum absolute atomic E-state index is 0.00302. The van der Waals surface area contributed by atoms with E-state index in [1.165, 1.54) is 25.6 Å². The molecule has 4 rings (SSSR count). The molecule has 2 aromatic heterocycles. The zero-order chi connectivity index (χ0) is 24.6. The first-order valence-electron chi connectivity index (χ1n) is 10.8. The number of nitrogens with zero attached hydrogens (tertiary/aromatic N) is 2. The molecule has 2 aromatic carbocycles. The number of hydrogen-bond acceptors (Lipinski definition) is 7. The Hall–Kier alpha value is -4.09. The van der Waals surface area contributed by atoms with Gasteiger partial charge in [-0.15, -0.1) is 0 Å². The molecule has 0 aliphatic heterocycles. The van der Waals surface area contributed by atoms with Crippen LogP contribution in [0.15, 0.2) is 53.2 Å². The molecule has 4 aromatic rings. The Kier molecular flexibility index (Phi) is 7.81. The minimum atomic E-state index is -0.509. The van der Waals surface area contributed by atoms with E-state index >= 15 is 0 Å². The molecular weight excluding hydrogens is 473 g/mol. The van der Waals surface area contributed by atoms with E-state index < -0.39 is 5.82 Å². The summed E-state index contributed by atoms with van der Waals surface area (Å²) >= 11 is 5.90. The Morgan fingerprint density at radius 3 is 2.83 bits per heavy atom. The summed E-state index contributed by atoms with van der Waals surface area (Å²) in [5, 5.41) is 3.77. The van der Waals surface area contributed by atoms with E-state index in [0.29, 0.717) is 52.5 Å². The van der Waals surface area contributed by atoms with Crippen LogP contribution in [0, 0.1) is 17.7 Å². The molecule has 7 nitrogen and oxygen atoms in total. The van der Waals surface area contributed by atoms with Gasteiger partial charge in [0.15, 0.2) is 17.3 Å². The number of fused-ring (bicyclic) bond motifs is 1. The summed E-state index contributed by atoms with van der Waals surface area (Å²) in [5.74, 6) is 7.48. The van der Waals surface area contributed by atoms with Gasteiger partial charge in [0, 0.05) is 36.0 Å². The molecule has 1 N–H and O–H groups in total. The number of carbonyl (C=O) groups is 1. The minimum Gasteiger partial charge on any atom is -0.493 e. The molecule has 178 valence electrons. The zero-order valence-corrected chi connectivity index (χ0v) is 19.6. The third kappa shape index (κ3) is 6.08. The normalized spacial score (nSPS) is 10.5. The highest BCUT2D eigenvalue weighted by molar-refractivity contribution is 6.31. The van der Waals surface area contributed by atoms with E-state index in [-0.39, 0.29) is 11.0 Å². The van der Waals surface area contributed by atoms with Crippen molar-refractivity contribution >= 4 is 40.3 Å². The molecule has 0 atom stereocenters. The second-order valence-corrected chi connectivity index (χ2v) is 7.84. The van der Waals surface area contributed by atoms with Crippen molar-refractivity contribution in [3.05, 3.63) is 65.4 Å². The number of aldehydes is 1. The van der Waals surface area contributed by atoms with Gasteiger partial charge in [-0.2, -0.15) is 0 Å². The number of nitrogens with one attached hydrogen (secondary N) is 1. The fourth-order valence-electron chi connectivity index (χ4n) is 3.25. The lowest BCUT2D eigenvalue weighted by atomic mass is 10.2. The molecule has 0 saturated carbocycles. The SMILES string of the molecule is COc1cc2ncnc(Nc3ccc(F)c(Cl)c3)c2cc1Oc1ccc(C#CCCCCC=O)o1. The molecule has 2 heterocycles. The van der Waals surface area contributed by atoms with Gasteiger partial charge in [-0.1, -0.05) is 17.5 Å². The standard InChI is InChI=1S/C26H21ClFN3O4/c1-33-23-15-22-19(26(30-16-29-22)31-17-8-10-21(28)20(27)13-17)14-24(23)35-25-11-9-18(34-25)7-5-3-2-4-6-12-32/h8-16H,2-4,6H2,1H3,(H,29,30,31). The number of aromatic nitrogens is 2.